The number of piperidine rings is 1. The summed E-state index contributed by atoms with van der Waals surface area (Å²) in [6, 6.07) is 3.84. The number of nitrogens with zero attached hydrogens (tertiary/aromatic N) is 1. The molecule has 1 aromatic rings. The number of hydrogen-bond donors (Lipinski definition) is 3. The predicted molar refractivity (Wildman–Crippen MR) is 80.9 cm³/mol. The number of aromatic nitrogens is 1. The third-order valence-corrected chi connectivity index (χ3v) is 3.34. The Morgan fingerprint density at radius 2 is 2.23 bits per heavy atom. The van der Waals surface area contributed by atoms with Crippen LogP contribution >= 0.6 is 0 Å². The fraction of sp³-hybridized carbons (Fsp3) is 0.533. The van der Waals surface area contributed by atoms with E-state index in [0.29, 0.717) is 6.54 Å². The van der Waals surface area contributed by atoms with E-state index in [1.807, 2.05) is 12.1 Å². The maximum absolute atomic E-state index is 11.7. The van der Waals surface area contributed by atoms with Gasteiger partial charge in [-0.1, -0.05) is 6.07 Å². The number of rotatable bonds is 7. The normalized spacial score (nSPS) is 17.7. The van der Waals surface area contributed by atoms with Gasteiger partial charge < -0.3 is 20.7 Å². The molecule has 2 amide bonds. The van der Waals surface area contributed by atoms with Crippen molar-refractivity contribution in [3.05, 3.63) is 30.1 Å². The zero-order valence-corrected chi connectivity index (χ0v) is 12.5. The van der Waals surface area contributed by atoms with Gasteiger partial charge in [0.05, 0.1) is 0 Å². The zero-order valence-electron chi connectivity index (χ0n) is 12.5. The van der Waals surface area contributed by atoms with Gasteiger partial charge in [-0.25, -0.2) is 0 Å². The Morgan fingerprint density at radius 3 is 2.95 bits per heavy atom. The highest BCUT2D eigenvalue weighted by Gasteiger charge is 2.15. The van der Waals surface area contributed by atoms with Gasteiger partial charge in [0.1, 0.15) is 13.2 Å². The second-order valence-electron chi connectivity index (χ2n) is 5.24. The van der Waals surface area contributed by atoms with Crippen LogP contribution in [-0.2, 0) is 20.9 Å². The van der Waals surface area contributed by atoms with Crippen LogP contribution in [0, 0.1) is 0 Å². The molecular weight excluding hydrogens is 284 g/mol. The lowest BCUT2D eigenvalue weighted by atomic mass is 10.1. The first-order valence-electron chi connectivity index (χ1n) is 7.47. The molecular formula is C15H22N4O3. The molecule has 0 unspecified atom stereocenters. The molecule has 0 aromatic carbocycles. The smallest absolute Gasteiger partial charge is 0.246 e. The Balaban J connectivity index is 1.55. The van der Waals surface area contributed by atoms with Gasteiger partial charge in [-0.05, 0) is 31.0 Å². The van der Waals surface area contributed by atoms with Crippen LogP contribution in [0.15, 0.2) is 24.5 Å². The third-order valence-electron chi connectivity index (χ3n) is 3.34. The van der Waals surface area contributed by atoms with E-state index < -0.39 is 0 Å². The largest absolute Gasteiger partial charge is 0.362 e. The minimum Gasteiger partial charge on any atom is -0.362 e. The molecule has 1 atom stereocenters. The maximum atomic E-state index is 11.7. The van der Waals surface area contributed by atoms with Crippen molar-refractivity contribution in [2.75, 3.05) is 26.3 Å². The molecule has 1 aromatic heterocycles. The number of carbonyl (C=O) groups excluding carboxylic acids is 2. The molecule has 0 radical (unpaired) electrons. The second-order valence-corrected chi connectivity index (χ2v) is 5.24. The summed E-state index contributed by atoms with van der Waals surface area (Å²) in [4.78, 5) is 27.2. The first kappa shape index (κ1) is 16.4. The zero-order chi connectivity index (χ0) is 15.6. The van der Waals surface area contributed by atoms with Gasteiger partial charge in [-0.2, -0.15) is 0 Å². The first-order chi connectivity index (χ1) is 10.7. The molecule has 7 nitrogen and oxygen atoms in total. The van der Waals surface area contributed by atoms with Crippen LogP contribution in [0.2, 0.25) is 0 Å². The molecule has 1 aliphatic rings. The lowest BCUT2D eigenvalue weighted by molar-refractivity contribution is -0.131. The van der Waals surface area contributed by atoms with Gasteiger partial charge in [-0.15, -0.1) is 0 Å². The van der Waals surface area contributed by atoms with Crippen molar-refractivity contribution in [3.8, 4) is 0 Å². The standard InChI is InChI=1S/C15H22N4O3/c20-14(18-8-12-3-1-5-16-7-12)10-22-11-15(21)19-13-4-2-6-17-9-13/h1,3,5,7,13,17H,2,4,6,8-11H2,(H,18,20)(H,19,21)/t13-/m0/s1. The van der Waals surface area contributed by atoms with Crippen molar-refractivity contribution in [1.82, 2.24) is 20.9 Å². The van der Waals surface area contributed by atoms with Crippen molar-refractivity contribution < 1.29 is 14.3 Å². The van der Waals surface area contributed by atoms with Gasteiger partial charge in [-0.3, -0.25) is 14.6 Å². The van der Waals surface area contributed by atoms with E-state index in [1.54, 1.807) is 12.4 Å². The number of ether oxygens (including phenoxy) is 1. The molecule has 1 fully saturated rings. The van der Waals surface area contributed by atoms with Crippen molar-refractivity contribution in [2.24, 2.45) is 0 Å². The molecule has 22 heavy (non-hydrogen) atoms. The van der Waals surface area contributed by atoms with Crippen LogP contribution < -0.4 is 16.0 Å². The average Bonchev–Trinajstić information content (AvgIpc) is 2.55. The van der Waals surface area contributed by atoms with Gasteiger partial charge in [0.2, 0.25) is 11.8 Å². The lowest BCUT2D eigenvalue weighted by Gasteiger charge is -2.23. The lowest BCUT2D eigenvalue weighted by Crippen LogP contribution is -2.46. The summed E-state index contributed by atoms with van der Waals surface area (Å²) in [5.74, 6) is -0.440. The van der Waals surface area contributed by atoms with Crippen molar-refractivity contribution in [1.29, 1.82) is 0 Å². The molecule has 120 valence electrons. The topological polar surface area (TPSA) is 92.4 Å². The van der Waals surface area contributed by atoms with Gasteiger partial charge in [0, 0.05) is 31.5 Å². The van der Waals surface area contributed by atoms with Crippen LogP contribution in [0.1, 0.15) is 18.4 Å². The highest BCUT2D eigenvalue weighted by atomic mass is 16.5. The van der Waals surface area contributed by atoms with Crippen LogP contribution in [-0.4, -0.2) is 49.1 Å². The van der Waals surface area contributed by atoms with E-state index in [1.165, 1.54) is 0 Å². The number of amides is 2. The molecule has 0 aliphatic carbocycles. The van der Waals surface area contributed by atoms with Gasteiger partial charge >= 0.3 is 0 Å². The quantitative estimate of drug-likeness (QED) is 0.636. The van der Waals surface area contributed by atoms with E-state index in [4.69, 9.17) is 4.74 Å². The third kappa shape index (κ3) is 6.19. The Bertz CT molecular complexity index is 475. The Kier molecular flexibility index (Phi) is 6.79. The van der Waals surface area contributed by atoms with E-state index in [-0.39, 0.29) is 31.1 Å². The molecule has 1 saturated heterocycles. The summed E-state index contributed by atoms with van der Waals surface area (Å²) in [6.45, 7) is 1.96. The van der Waals surface area contributed by atoms with E-state index in [2.05, 4.69) is 20.9 Å². The second kappa shape index (κ2) is 9.11. The van der Waals surface area contributed by atoms with Crippen molar-refractivity contribution >= 4 is 11.8 Å². The summed E-state index contributed by atoms with van der Waals surface area (Å²) in [7, 11) is 0. The summed E-state index contributed by atoms with van der Waals surface area (Å²) < 4.78 is 5.13. The molecule has 3 N–H and O–H groups in total. The monoisotopic (exact) mass is 306 g/mol. The number of carbonyl (C=O) groups is 2. The van der Waals surface area contributed by atoms with Gasteiger partial charge in [0.25, 0.3) is 0 Å². The van der Waals surface area contributed by atoms with Crippen LogP contribution in [0.25, 0.3) is 0 Å². The Hall–Kier alpha value is -1.99. The molecule has 2 heterocycles. The number of pyridine rings is 1. The van der Waals surface area contributed by atoms with Crippen molar-refractivity contribution in [2.45, 2.75) is 25.4 Å². The molecule has 7 heteroatoms. The van der Waals surface area contributed by atoms with Crippen LogP contribution in [0.5, 0.6) is 0 Å². The van der Waals surface area contributed by atoms with Gasteiger partial charge in [0.15, 0.2) is 0 Å². The molecule has 2 rings (SSSR count). The first-order valence-corrected chi connectivity index (χ1v) is 7.47. The van der Waals surface area contributed by atoms with Crippen LogP contribution in [0.4, 0.5) is 0 Å². The Morgan fingerprint density at radius 1 is 1.36 bits per heavy atom. The predicted octanol–water partition coefficient (Wildman–Crippen LogP) is -0.417. The SMILES string of the molecule is O=C(COCC(=O)N[C@H]1CCCNC1)NCc1cccnc1. The fourth-order valence-electron chi connectivity index (χ4n) is 2.24. The average molecular weight is 306 g/mol. The van der Waals surface area contributed by atoms with Crippen molar-refractivity contribution in [3.63, 3.8) is 0 Å². The molecule has 1 aliphatic heterocycles. The number of hydrogen-bond acceptors (Lipinski definition) is 5. The van der Waals surface area contributed by atoms with E-state index >= 15 is 0 Å². The molecule has 0 spiro atoms. The molecule has 0 bridgehead atoms. The summed E-state index contributed by atoms with van der Waals surface area (Å²) in [6.07, 6.45) is 5.40. The van der Waals surface area contributed by atoms with Crippen LogP contribution in [0.3, 0.4) is 0 Å². The molecule has 0 saturated carbocycles. The van der Waals surface area contributed by atoms with E-state index in [9.17, 15) is 9.59 Å². The highest BCUT2D eigenvalue weighted by Crippen LogP contribution is 2.00. The Labute approximate surface area is 129 Å². The van der Waals surface area contributed by atoms with E-state index in [0.717, 1.165) is 31.5 Å². The minimum atomic E-state index is -0.254. The maximum Gasteiger partial charge on any atom is 0.246 e. The minimum absolute atomic E-state index is 0.100. The number of nitrogens with one attached hydrogen (secondary N) is 3. The summed E-state index contributed by atoms with van der Waals surface area (Å²) in [5, 5.41) is 8.81. The summed E-state index contributed by atoms with van der Waals surface area (Å²) >= 11 is 0. The summed E-state index contributed by atoms with van der Waals surface area (Å²) in [5.41, 5.74) is 0.915. The highest BCUT2D eigenvalue weighted by molar-refractivity contribution is 5.79. The fourth-order valence-corrected chi connectivity index (χ4v) is 2.24.